The van der Waals surface area contributed by atoms with E-state index in [1.807, 2.05) is 12.1 Å². The first-order valence-corrected chi connectivity index (χ1v) is 7.37. The Labute approximate surface area is 125 Å². The molecular weight excluding hydrogens is 301 g/mol. The molecule has 2 nitrogen and oxygen atoms in total. The van der Waals surface area contributed by atoms with E-state index < -0.39 is 12.7 Å². The second kappa shape index (κ2) is 4.90. The summed E-state index contributed by atoms with van der Waals surface area (Å²) in [4.78, 5) is 0. The zero-order valence-electron chi connectivity index (χ0n) is 11.8. The zero-order valence-corrected chi connectivity index (χ0v) is 12.5. The number of aromatic nitrogens is 2. The highest BCUT2D eigenvalue weighted by molar-refractivity contribution is 6.34. The molecule has 1 aliphatic rings. The fourth-order valence-corrected chi connectivity index (χ4v) is 3.26. The lowest BCUT2D eigenvalue weighted by Gasteiger charge is -2.08. The minimum Gasteiger partial charge on any atom is -0.254 e. The molecule has 0 amide bonds. The van der Waals surface area contributed by atoms with Crippen LogP contribution in [0.3, 0.4) is 0 Å². The maximum atomic E-state index is 12.6. The third-order valence-corrected chi connectivity index (χ3v) is 4.46. The molecule has 1 fully saturated rings. The van der Waals surface area contributed by atoms with Gasteiger partial charge in [-0.25, -0.2) is 0 Å². The summed E-state index contributed by atoms with van der Waals surface area (Å²) in [6, 6.07) is 5.55. The van der Waals surface area contributed by atoms with Crippen LogP contribution in [0.15, 0.2) is 18.2 Å². The largest absolute Gasteiger partial charge is 0.408 e. The van der Waals surface area contributed by atoms with Crippen molar-refractivity contribution in [3.8, 4) is 0 Å². The molecule has 0 unspecified atom stereocenters. The van der Waals surface area contributed by atoms with E-state index in [0.29, 0.717) is 28.7 Å². The molecule has 0 radical (unpaired) electrons. The quantitative estimate of drug-likeness (QED) is 0.778. The summed E-state index contributed by atoms with van der Waals surface area (Å²) >= 11 is 5.93. The highest BCUT2D eigenvalue weighted by atomic mass is 35.5. The van der Waals surface area contributed by atoms with Crippen molar-refractivity contribution in [2.45, 2.75) is 38.9 Å². The number of rotatable bonds is 3. The van der Waals surface area contributed by atoms with Crippen LogP contribution in [0, 0.1) is 11.8 Å². The number of hydrogen-bond acceptors (Lipinski definition) is 1. The second-order valence-corrected chi connectivity index (χ2v) is 6.45. The van der Waals surface area contributed by atoms with Crippen molar-refractivity contribution in [2.24, 2.45) is 11.8 Å². The summed E-state index contributed by atoms with van der Waals surface area (Å²) in [6.45, 7) is 3.24. The predicted molar refractivity (Wildman–Crippen MR) is 76.5 cm³/mol. The normalized spacial score (nSPS) is 22.2. The maximum absolute atomic E-state index is 12.6. The minimum absolute atomic E-state index is 0.122. The van der Waals surface area contributed by atoms with Gasteiger partial charge in [0.05, 0.1) is 5.52 Å². The minimum atomic E-state index is -4.31. The Bertz CT molecular complexity index is 675. The van der Waals surface area contributed by atoms with Gasteiger partial charge in [-0.15, -0.1) is 0 Å². The monoisotopic (exact) mass is 316 g/mol. The van der Waals surface area contributed by atoms with E-state index in [1.54, 1.807) is 6.07 Å². The average molecular weight is 317 g/mol. The molecule has 1 saturated carbocycles. The Morgan fingerprint density at radius 3 is 2.67 bits per heavy atom. The van der Waals surface area contributed by atoms with Crippen LogP contribution < -0.4 is 0 Å². The molecule has 114 valence electrons. The Morgan fingerprint density at radius 1 is 1.38 bits per heavy atom. The molecule has 0 N–H and O–H groups in total. The molecule has 1 heterocycles. The topological polar surface area (TPSA) is 17.8 Å². The second-order valence-electron chi connectivity index (χ2n) is 6.09. The summed E-state index contributed by atoms with van der Waals surface area (Å²) < 4.78 is 38.8. The van der Waals surface area contributed by atoms with Crippen molar-refractivity contribution in [1.82, 2.24) is 9.78 Å². The van der Waals surface area contributed by atoms with Crippen LogP contribution in [0.2, 0.25) is 5.15 Å². The molecular formula is C15H16ClF3N2. The van der Waals surface area contributed by atoms with Crippen LogP contribution in [-0.2, 0) is 6.54 Å². The van der Waals surface area contributed by atoms with E-state index in [9.17, 15) is 13.2 Å². The third-order valence-electron chi connectivity index (χ3n) is 4.18. The SMILES string of the molecule is CC(C)[C@H]1C[C@@H]1c1ccc2c(Cl)nn(CC(F)(F)F)c2c1. The van der Waals surface area contributed by atoms with Crippen molar-refractivity contribution in [3.05, 3.63) is 28.9 Å². The average Bonchev–Trinajstić information content (AvgIpc) is 3.11. The van der Waals surface area contributed by atoms with Gasteiger partial charge in [-0.1, -0.05) is 31.5 Å². The molecule has 3 rings (SSSR count). The van der Waals surface area contributed by atoms with Gasteiger partial charge in [0.1, 0.15) is 6.54 Å². The van der Waals surface area contributed by atoms with Gasteiger partial charge in [0.15, 0.2) is 5.15 Å². The standard InChI is InChI=1S/C15H16ClF3N2/c1-8(2)11-6-12(11)9-3-4-10-13(5-9)21(20-14(10)16)7-15(17,18)19/h3-5,8,11-12H,6-7H2,1-2H3/t11-,12-/m1/s1. The summed E-state index contributed by atoms with van der Waals surface area (Å²) in [7, 11) is 0. The number of benzene rings is 1. The highest BCUT2D eigenvalue weighted by Gasteiger charge is 2.40. The lowest BCUT2D eigenvalue weighted by molar-refractivity contribution is -0.141. The Hall–Kier alpha value is -1.23. The summed E-state index contributed by atoms with van der Waals surface area (Å²) in [5.74, 6) is 1.66. The molecule has 2 atom stereocenters. The van der Waals surface area contributed by atoms with Gasteiger partial charge in [0, 0.05) is 5.39 Å². The fraction of sp³-hybridized carbons (Fsp3) is 0.533. The van der Waals surface area contributed by atoms with Gasteiger partial charge in [-0.3, -0.25) is 4.68 Å². The summed E-state index contributed by atoms with van der Waals surface area (Å²) in [6.07, 6.45) is -3.21. The molecule has 0 spiro atoms. The lowest BCUT2D eigenvalue weighted by Crippen LogP contribution is -2.18. The number of halogens is 4. The van der Waals surface area contributed by atoms with Crippen LogP contribution in [-0.4, -0.2) is 16.0 Å². The number of fused-ring (bicyclic) bond motifs is 1. The molecule has 21 heavy (non-hydrogen) atoms. The first-order chi connectivity index (χ1) is 9.76. The van der Waals surface area contributed by atoms with E-state index in [4.69, 9.17) is 11.6 Å². The number of hydrogen-bond donors (Lipinski definition) is 0. The van der Waals surface area contributed by atoms with Crippen molar-refractivity contribution in [3.63, 3.8) is 0 Å². The van der Waals surface area contributed by atoms with Gasteiger partial charge >= 0.3 is 6.18 Å². The molecule has 2 aromatic rings. The number of nitrogens with zero attached hydrogens (tertiary/aromatic N) is 2. The van der Waals surface area contributed by atoms with Crippen molar-refractivity contribution in [1.29, 1.82) is 0 Å². The van der Waals surface area contributed by atoms with Crippen LogP contribution >= 0.6 is 11.6 Å². The van der Waals surface area contributed by atoms with Crippen molar-refractivity contribution in [2.75, 3.05) is 0 Å². The maximum Gasteiger partial charge on any atom is 0.408 e. The molecule has 0 aliphatic heterocycles. The number of alkyl halides is 3. The third kappa shape index (κ3) is 2.89. The van der Waals surface area contributed by atoms with Crippen molar-refractivity contribution >= 4 is 22.5 Å². The van der Waals surface area contributed by atoms with Crippen LogP contribution in [0.1, 0.15) is 31.7 Å². The van der Waals surface area contributed by atoms with Gasteiger partial charge in [0.2, 0.25) is 0 Å². The Kier molecular flexibility index (Phi) is 3.43. The van der Waals surface area contributed by atoms with Crippen molar-refractivity contribution < 1.29 is 13.2 Å². The van der Waals surface area contributed by atoms with Crippen LogP contribution in [0.25, 0.3) is 10.9 Å². The Balaban J connectivity index is 1.98. The van der Waals surface area contributed by atoms with Crippen LogP contribution in [0.4, 0.5) is 13.2 Å². The molecule has 6 heteroatoms. The van der Waals surface area contributed by atoms with E-state index >= 15 is 0 Å². The van der Waals surface area contributed by atoms with Gasteiger partial charge in [-0.2, -0.15) is 18.3 Å². The van der Waals surface area contributed by atoms with Gasteiger partial charge in [0.25, 0.3) is 0 Å². The lowest BCUT2D eigenvalue weighted by atomic mass is 10.0. The molecule has 1 aromatic carbocycles. The van der Waals surface area contributed by atoms with Gasteiger partial charge in [-0.05, 0) is 41.9 Å². The fourth-order valence-electron chi connectivity index (χ4n) is 3.01. The summed E-state index contributed by atoms with van der Waals surface area (Å²) in [5.41, 5.74) is 1.55. The molecule has 1 aliphatic carbocycles. The van der Waals surface area contributed by atoms with E-state index in [1.165, 1.54) is 0 Å². The van der Waals surface area contributed by atoms with E-state index in [-0.39, 0.29) is 5.15 Å². The zero-order chi connectivity index (χ0) is 15.4. The smallest absolute Gasteiger partial charge is 0.254 e. The first kappa shape index (κ1) is 14.7. The van der Waals surface area contributed by atoms with Crippen LogP contribution in [0.5, 0.6) is 0 Å². The molecule has 0 saturated heterocycles. The first-order valence-electron chi connectivity index (χ1n) is 6.99. The van der Waals surface area contributed by atoms with Gasteiger partial charge < -0.3 is 0 Å². The highest BCUT2D eigenvalue weighted by Crippen LogP contribution is 2.52. The van der Waals surface area contributed by atoms with E-state index in [0.717, 1.165) is 16.7 Å². The summed E-state index contributed by atoms with van der Waals surface area (Å²) in [5, 5.41) is 4.51. The Morgan fingerprint density at radius 2 is 2.10 bits per heavy atom. The van der Waals surface area contributed by atoms with E-state index in [2.05, 4.69) is 18.9 Å². The molecule has 1 aromatic heterocycles. The predicted octanol–water partition coefficient (Wildman–Crippen LogP) is 5.01. The molecule has 0 bridgehead atoms.